The van der Waals surface area contributed by atoms with Crippen LogP contribution in [0.3, 0.4) is 0 Å². The van der Waals surface area contributed by atoms with Crippen LogP contribution in [0, 0.1) is 10.6 Å². The van der Waals surface area contributed by atoms with E-state index < -0.39 is 30.0 Å². The van der Waals surface area contributed by atoms with Crippen molar-refractivity contribution in [1.82, 2.24) is 10.2 Å². The molecular formula is C38H41Cl2N3O8S. The molecule has 276 valence electrons. The number of thiophene rings is 1. The number of carbonyl (C=O) groups is 2. The molecule has 52 heavy (non-hydrogen) atoms. The molecule has 4 aromatic rings. The van der Waals surface area contributed by atoms with Gasteiger partial charge in [0.15, 0.2) is 29.4 Å². The van der Waals surface area contributed by atoms with Gasteiger partial charge in [0.25, 0.3) is 0 Å². The van der Waals surface area contributed by atoms with E-state index in [4.69, 9.17) is 37.4 Å². The van der Waals surface area contributed by atoms with Crippen LogP contribution in [0.1, 0.15) is 62.0 Å². The number of carbonyl (C=O) groups excluding carboxylic acids is 1. The van der Waals surface area contributed by atoms with E-state index in [1.807, 2.05) is 12.1 Å². The van der Waals surface area contributed by atoms with Crippen molar-refractivity contribution in [2.24, 2.45) is 5.41 Å². The number of nitrogens with one attached hydrogen (secondary N) is 1. The lowest BCUT2D eigenvalue weighted by molar-refractivity contribution is -0.605. The number of esters is 1. The van der Waals surface area contributed by atoms with Gasteiger partial charge in [-0.3, -0.25) is 5.32 Å². The van der Waals surface area contributed by atoms with Gasteiger partial charge in [-0.05, 0) is 80.2 Å². The maximum atomic E-state index is 14.1. The summed E-state index contributed by atoms with van der Waals surface area (Å²) < 4.78 is 17.6. The van der Waals surface area contributed by atoms with E-state index in [2.05, 4.69) is 10.2 Å². The molecule has 2 aromatic heterocycles. The number of hydrogen-bond donors (Lipinski definition) is 3. The lowest BCUT2D eigenvalue weighted by Gasteiger charge is -2.48. The molecule has 2 bridgehead atoms. The zero-order valence-corrected chi connectivity index (χ0v) is 31.2. The molecular weight excluding hydrogens is 729 g/mol. The van der Waals surface area contributed by atoms with Gasteiger partial charge in [0.1, 0.15) is 14.9 Å². The number of nitrogens with zero attached hydrogens (tertiary/aromatic N) is 2. The van der Waals surface area contributed by atoms with Crippen LogP contribution in [0.4, 0.5) is 0 Å². The minimum atomic E-state index is -1.61. The monoisotopic (exact) mass is 769 g/mol. The number of fused-ring (bicyclic) bond motifs is 3. The Kier molecular flexibility index (Phi) is 11.6. The van der Waals surface area contributed by atoms with E-state index >= 15 is 0 Å². The smallest absolute Gasteiger partial charge is 0.346 e. The molecule has 0 aliphatic carbocycles. The van der Waals surface area contributed by atoms with Crippen LogP contribution < -0.4 is 19.5 Å². The Labute approximate surface area is 316 Å². The summed E-state index contributed by atoms with van der Waals surface area (Å²) in [6, 6.07) is 16.0. The van der Waals surface area contributed by atoms with Gasteiger partial charge in [0.05, 0.1) is 27.4 Å². The zero-order chi connectivity index (χ0) is 37.0. The molecule has 3 aliphatic rings. The van der Waals surface area contributed by atoms with Crippen molar-refractivity contribution in [3.63, 3.8) is 0 Å². The van der Waals surface area contributed by atoms with Crippen molar-refractivity contribution in [2.45, 2.75) is 43.7 Å². The predicted molar refractivity (Wildman–Crippen MR) is 198 cm³/mol. The summed E-state index contributed by atoms with van der Waals surface area (Å²) in [4.78, 5) is 30.0. The maximum Gasteiger partial charge on any atom is 0.346 e. The van der Waals surface area contributed by atoms with Crippen molar-refractivity contribution >= 4 is 46.5 Å². The van der Waals surface area contributed by atoms with Crippen LogP contribution in [0.5, 0.6) is 11.5 Å². The molecule has 2 aromatic carbocycles. The first-order chi connectivity index (χ1) is 25.0. The van der Waals surface area contributed by atoms with Crippen LogP contribution in [0.2, 0.25) is 10.0 Å². The SMILES string of the molecule is COc1ccc([C@H](Cc2c(Cl)c[n+]([O-])cc2Cl)c2cc(CNC(CO)(C(=O)OCC34CCN(CC3)CC4)c3ccccc3)sc2C(=O)O)cc1OC. The molecule has 14 heteroatoms. The summed E-state index contributed by atoms with van der Waals surface area (Å²) >= 11 is 14.1. The van der Waals surface area contributed by atoms with Gasteiger partial charge in [0, 0.05) is 28.3 Å². The lowest BCUT2D eigenvalue weighted by Crippen LogP contribution is -2.55. The number of methoxy groups -OCH3 is 2. The second-order valence-electron chi connectivity index (χ2n) is 13.4. The average Bonchev–Trinajstić information content (AvgIpc) is 3.59. The van der Waals surface area contributed by atoms with Gasteiger partial charge in [-0.15, -0.1) is 11.3 Å². The molecule has 3 fully saturated rings. The van der Waals surface area contributed by atoms with Gasteiger partial charge in [0.2, 0.25) is 0 Å². The van der Waals surface area contributed by atoms with Crippen molar-refractivity contribution in [1.29, 1.82) is 0 Å². The number of halogens is 2. The summed E-state index contributed by atoms with van der Waals surface area (Å²) in [5, 5.41) is 37.0. The highest BCUT2D eigenvalue weighted by Gasteiger charge is 2.45. The highest BCUT2D eigenvalue weighted by Crippen LogP contribution is 2.42. The Morgan fingerprint density at radius 2 is 1.67 bits per heavy atom. The summed E-state index contributed by atoms with van der Waals surface area (Å²) in [6.45, 7) is 2.68. The van der Waals surface area contributed by atoms with Crippen molar-refractivity contribution < 1.29 is 38.7 Å². The summed E-state index contributed by atoms with van der Waals surface area (Å²) in [5.41, 5.74) is 0.468. The van der Waals surface area contributed by atoms with E-state index in [-0.39, 0.29) is 39.9 Å². The second-order valence-corrected chi connectivity index (χ2v) is 15.4. The molecule has 0 radical (unpaired) electrons. The molecule has 11 nitrogen and oxygen atoms in total. The Balaban J connectivity index is 1.35. The van der Waals surface area contributed by atoms with Crippen molar-refractivity contribution in [3.05, 3.63) is 114 Å². The minimum Gasteiger partial charge on any atom is -0.619 e. The number of hydrogen-bond acceptors (Lipinski definition) is 10. The van der Waals surface area contributed by atoms with E-state index in [0.29, 0.717) is 43.4 Å². The number of ether oxygens (including phenoxy) is 3. The summed E-state index contributed by atoms with van der Waals surface area (Å²) in [6.07, 6.45) is 5.41. The fourth-order valence-electron chi connectivity index (χ4n) is 7.30. The number of carboxylic acids is 1. The number of aliphatic hydroxyl groups is 1. The third-order valence-corrected chi connectivity index (χ3v) is 12.2. The van der Waals surface area contributed by atoms with Crippen molar-refractivity contribution in [2.75, 3.05) is 47.1 Å². The number of rotatable bonds is 15. The number of aromatic nitrogens is 1. The highest BCUT2D eigenvalue weighted by atomic mass is 35.5. The average molecular weight is 771 g/mol. The Bertz CT molecular complexity index is 1880. The largest absolute Gasteiger partial charge is 0.619 e. The van der Waals surface area contributed by atoms with Gasteiger partial charge >= 0.3 is 11.9 Å². The Hall–Kier alpha value is -3.91. The lowest BCUT2D eigenvalue weighted by atomic mass is 9.73. The molecule has 0 saturated carbocycles. The fourth-order valence-corrected chi connectivity index (χ4v) is 8.89. The molecule has 5 heterocycles. The number of pyridine rings is 1. The van der Waals surface area contributed by atoms with Crippen LogP contribution in [-0.4, -0.2) is 74.1 Å². The Morgan fingerprint density at radius 1 is 1.02 bits per heavy atom. The second kappa shape index (κ2) is 16.0. The van der Waals surface area contributed by atoms with Gasteiger partial charge in [-0.1, -0.05) is 59.6 Å². The predicted octanol–water partition coefficient (Wildman–Crippen LogP) is 5.78. The van der Waals surface area contributed by atoms with Crippen LogP contribution in [0.15, 0.2) is 67.0 Å². The van der Waals surface area contributed by atoms with Crippen LogP contribution in [-0.2, 0) is 28.0 Å². The molecule has 0 spiro atoms. The molecule has 1 unspecified atom stereocenters. The Morgan fingerprint density at radius 3 is 2.27 bits per heavy atom. The number of carboxylic acid groups (broad SMARTS) is 1. The number of aliphatic hydroxyl groups excluding tert-OH is 1. The molecule has 3 saturated heterocycles. The van der Waals surface area contributed by atoms with Gasteiger partial charge in [-0.25, -0.2) is 9.59 Å². The molecule has 3 N–H and O–H groups in total. The highest BCUT2D eigenvalue weighted by molar-refractivity contribution is 7.14. The number of piperidine rings is 3. The summed E-state index contributed by atoms with van der Waals surface area (Å²) in [7, 11) is 3.03. The third-order valence-electron chi connectivity index (χ3n) is 10.5. The topological polar surface area (TPSA) is 144 Å². The minimum absolute atomic E-state index is 0.0390. The first-order valence-corrected chi connectivity index (χ1v) is 18.5. The van der Waals surface area contributed by atoms with Crippen molar-refractivity contribution in [3.8, 4) is 11.5 Å². The van der Waals surface area contributed by atoms with E-state index in [1.165, 1.54) is 26.6 Å². The molecule has 2 atom stereocenters. The zero-order valence-electron chi connectivity index (χ0n) is 28.9. The standard InChI is InChI=1S/C38H41Cl2N3O8S/c1-49-32-9-8-24(16-33(32)50-2)27(18-29-30(39)20-43(48)21-31(29)40)28-17-26(52-34(28)35(45)46)19-41-38(22-44,25-6-4-3-5-7-25)36(47)51-23-37-10-13-42(14-11-37)15-12-37/h3-9,16-17,20-21,27,41,44H,10-15,18-19,22-23H2,1-2H3,(H,45,46)/t27-,38?/m0/s1. The quantitative estimate of drug-likeness (QED) is 0.0773. The van der Waals surface area contributed by atoms with E-state index in [0.717, 1.165) is 50.2 Å². The van der Waals surface area contributed by atoms with E-state index in [1.54, 1.807) is 42.5 Å². The molecule has 3 aliphatic heterocycles. The first-order valence-electron chi connectivity index (χ1n) is 17.0. The van der Waals surface area contributed by atoms with Gasteiger partial charge in [-0.2, -0.15) is 4.73 Å². The number of benzene rings is 2. The molecule has 7 rings (SSSR count). The maximum absolute atomic E-state index is 14.1. The van der Waals surface area contributed by atoms with E-state index in [9.17, 15) is 25.0 Å². The fraction of sp³-hybridized carbons (Fsp3) is 0.395. The van der Waals surface area contributed by atoms with Crippen LogP contribution in [0.25, 0.3) is 0 Å². The normalized spacial score (nSPS) is 19.8. The van der Waals surface area contributed by atoms with Gasteiger partial charge < -0.3 is 34.5 Å². The first kappa shape index (κ1) is 37.8. The molecule has 0 amide bonds. The third kappa shape index (κ3) is 7.73. The summed E-state index contributed by atoms with van der Waals surface area (Å²) in [5.74, 6) is -1.42. The number of aromatic carboxylic acids is 1. The van der Waals surface area contributed by atoms with Crippen LogP contribution >= 0.6 is 34.5 Å².